The minimum absolute atomic E-state index is 0.190. The van der Waals surface area contributed by atoms with E-state index in [-0.39, 0.29) is 5.91 Å². The van der Waals surface area contributed by atoms with Crippen molar-refractivity contribution in [2.45, 2.75) is 40.0 Å². The van der Waals surface area contributed by atoms with Gasteiger partial charge in [-0.25, -0.2) is 0 Å². The number of amides is 2. The van der Waals surface area contributed by atoms with E-state index < -0.39 is 5.91 Å². The van der Waals surface area contributed by atoms with Gasteiger partial charge in [0.05, 0.1) is 11.1 Å². The van der Waals surface area contributed by atoms with E-state index >= 15 is 0 Å². The summed E-state index contributed by atoms with van der Waals surface area (Å²) in [7, 11) is 0. The zero-order chi connectivity index (χ0) is 16.3. The fourth-order valence-corrected chi connectivity index (χ4v) is 4.52. The average molecular weight is 336 g/mol. The number of rotatable bonds is 6. The molecule has 118 valence electrons. The van der Waals surface area contributed by atoms with Crippen LogP contribution in [0.25, 0.3) is 0 Å². The lowest BCUT2D eigenvalue weighted by Gasteiger charge is -2.04. The molecular weight excluding hydrogens is 316 g/mol. The third-order valence-corrected chi connectivity index (χ3v) is 5.51. The van der Waals surface area contributed by atoms with Crippen LogP contribution < -0.4 is 11.1 Å². The molecule has 0 spiro atoms. The number of thiophene rings is 2. The minimum Gasteiger partial charge on any atom is -0.365 e. The summed E-state index contributed by atoms with van der Waals surface area (Å²) in [6.07, 6.45) is 2.75. The Morgan fingerprint density at radius 2 is 2.05 bits per heavy atom. The lowest BCUT2D eigenvalue weighted by atomic mass is 10.1. The van der Waals surface area contributed by atoms with Crippen LogP contribution >= 0.6 is 22.7 Å². The molecule has 0 unspecified atom stereocenters. The topological polar surface area (TPSA) is 72.2 Å². The number of carbonyl (C=O) groups is 2. The maximum atomic E-state index is 12.4. The smallest absolute Gasteiger partial charge is 0.257 e. The number of primary amides is 1. The number of carbonyl (C=O) groups excluding carboxylic acids is 2. The molecule has 0 aliphatic heterocycles. The first kappa shape index (κ1) is 16.7. The van der Waals surface area contributed by atoms with E-state index in [0.29, 0.717) is 16.1 Å². The van der Waals surface area contributed by atoms with Gasteiger partial charge < -0.3 is 11.1 Å². The van der Waals surface area contributed by atoms with Crippen LogP contribution in [0.1, 0.15) is 56.3 Å². The van der Waals surface area contributed by atoms with Gasteiger partial charge in [0.25, 0.3) is 11.8 Å². The Hall–Kier alpha value is -1.66. The maximum absolute atomic E-state index is 12.4. The van der Waals surface area contributed by atoms with Gasteiger partial charge in [-0.1, -0.05) is 20.3 Å². The molecule has 0 aromatic carbocycles. The van der Waals surface area contributed by atoms with Crippen molar-refractivity contribution in [3.63, 3.8) is 0 Å². The van der Waals surface area contributed by atoms with Gasteiger partial charge in [0.15, 0.2) is 0 Å². The Morgan fingerprint density at radius 3 is 2.64 bits per heavy atom. The molecule has 0 saturated carbocycles. The van der Waals surface area contributed by atoms with Crippen molar-refractivity contribution in [2.24, 2.45) is 5.73 Å². The predicted octanol–water partition coefficient (Wildman–Crippen LogP) is 3.98. The average Bonchev–Trinajstić information content (AvgIpc) is 3.03. The van der Waals surface area contributed by atoms with Crippen LogP contribution in [0.4, 0.5) is 5.00 Å². The van der Waals surface area contributed by atoms with Crippen LogP contribution in [0.15, 0.2) is 11.4 Å². The largest absolute Gasteiger partial charge is 0.365 e. The molecule has 0 fully saturated rings. The molecule has 2 aromatic rings. The molecule has 0 radical (unpaired) electrons. The SMILES string of the molecule is CCCc1cc(C(=O)Nc2sc(C)c(CC)c2C(N)=O)cs1. The second kappa shape index (κ2) is 7.07. The van der Waals surface area contributed by atoms with Gasteiger partial charge >= 0.3 is 0 Å². The zero-order valence-corrected chi connectivity index (χ0v) is 14.6. The van der Waals surface area contributed by atoms with Gasteiger partial charge in [-0.15, -0.1) is 22.7 Å². The van der Waals surface area contributed by atoms with Gasteiger partial charge in [-0.05, 0) is 31.4 Å². The van der Waals surface area contributed by atoms with E-state index in [1.165, 1.54) is 16.2 Å². The van der Waals surface area contributed by atoms with Crippen molar-refractivity contribution in [1.82, 2.24) is 0 Å². The van der Waals surface area contributed by atoms with Crippen molar-refractivity contribution < 1.29 is 9.59 Å². The van der Waals surface area contributed by atoms with Crippen LogP contribution in [-0.4, -0.2) is 11.8 Å². The summed E-state index contributed by atoms with van der Waals surface area (Å²) in [5.41, 5.74) is 7.48. The standard InChI is InChI=1S/C16H20N2O2S2/c1-4-6-11-7-10(8-21-11)15(20)18-16-13(14(17)19)12(5-2)9(3)22-16/h7-8H,4-6H2,1-3H3,(H2,17,19)(H,18,20). The number of anilines is 1. The molecule has 22 heavy (non-hydrogen) atoms. The van der Waals surface area contributed by atoms with E-state index in [0.717, 1.165) is 29.7 Å². The molecule has 2 heterocycles. The van der Waals surface area contributed by atoms with Gasteiger partial charge in [-0.2, -0.15) is 0 Å². The number of nitrogens with two attached hydrogens (primary N) is 1. The second-order valence-electron chi connectivity index (χ2n) is 5.06. The fourth-order valence-electron chi connectivity index (χ4n) is 2.41. The summed E-state index contributed by atoms with van der Waals surface area (Å²) < 4.78 is 0. The summed E-state index contributed by atoms with van der Waals surface area (Å²) in [6, 6.07) is 1.91. The minimum atomic E-state index is -0.492. The third kappa shape index (κ3) is 3.39. The van der Waals surface area contributed by atoms with Crippen molar-refractivity contribution in [2.75, 3.05) is 5.32 Å². The highest BCUT2D eigenvalue weighted by molar-refractivity contribution is 7.17. The molecule has 0 aliphatic carbocycles. The highest BCUT2D eigenvalue weighted by atomic mass is 32.1. The van der Waals surface area contributed by atoms with E-state index in [4.69, 9.17) is 5.73 Å². The molecule has 6 heteroatoms. The predicted molar refractivity (Wildman–Crippen MR) is 93.2 cm³/mol. The number of hydrogen-bond acceptors (Lipinski definition) is 4. The van der Waals surface area contributed by atoms with Crippen molar-refractivity contribution in [1.29, 1.82) is 0 Å². The van der Waals surface area contributed by atoms with E-state index in [1.807, 2.05) is 25.3 Å². The molecule has 0 aliphatic rings. The molecule has 0 atom stereocenters. The summed E-state index contributed by atoms with van der Waals surface area (Å²) in [4.78, 5) is 26.3. The third-order valence-electron chi connectivity index (χ3n) is 3.45. The van der Waals surface area contributed by atoms with Gasteiger partial charge in [0.1, 0.15) is 5.00 Å². The maximum Gasteiger partial charge on any atom is 0.257 e. The van der Waals surface area contributed by atoms with E-state index in [2.05, 4.69) is 12.2 Å². The molecule has 2 amide bonds. The lowest BCUT2D eigenvalue weighted by Crippen LogP contribution is -2.17. The highest BCUT2D eigenvalue weighted by Crippen LogP contribution is 2.33. The Kier molecular flexibility index (Phi) is 5.37. The molecular formula is C16H20N2O2S2. The fraction of sp³-hybridized carbons (Fsp3) is 0.375. The van der Waals surface area contributed by atoms with Gasteiger partial charge in [-0.3, -0.25) is 9.59 Å². The molecule has 0 saturated heterocycles. The van der Waals surface area contributed by atoms with E-state index in [9.17, 15) is 9.59 Å². The molecule has 0 bridgehead atoms. The molecule has 2 aromatic heterocycles. The first-order valence-corrected chi connectivity index (χ1v) is 8.98. The highest BCUT2D eigenvalue weighted by Gasteiger charge is 2.21. The van der Waals surface area contributed by atoms with Crippen LogP contribution in [-0.2, 0) is 12.8 Å². The van der Waals surface area contributed by atoms with E-state index in [1.54, 1.807) is 11.3 Å². The van der Waals surface area contributed by atoms with Gasteiger partial charge in [0, 0.05) is 15.1 Å². The Labute approximate surface area is 138 Å². The van der Waals surface area contributed by atoms with Crippen LogP contribution in [0.5, 0.6) is 0 Å². The van der Waals surface area contributed by atoms with Gasteiger partial charge in [0.2, 0.25) is 0 Å². The van der Waals surface area contributed by atoms with Crippen LogP contribution in [0, 0.1) is 6.92 Å². The Bertz CT molecular complexity index is 701. The number of hydrogen-bond donors (Lipinski definition) is 2. The summed E-state index contributed by atoms with van der Waals surface area (Å²) in [5.74, 6) is -0.682. The number of aryl methyl sites for hydroxylation is 2. The molecule has 2 rings (SSSR count). The monoisotopic (exact) mass is 336 g/mol. The Balaban J connectivity index is 2.26. The van der Waals surface area contributed by atoms with Crippen LogP contribution in [0.3, 0.4) is 0 Å². The first-order chi connectivity index (χ1) is 10.5. The lowest BCUT2D eigenvalue weighted by molar-refractivity contribution is 0.100. The normalized spacial score (nSPS) is 10.7. The number of nitrogens with one attached hydrogen (secondary N) is 1. The van der Waals surface area contributed by atoms with Crippen molar-refractivity contribution in [3.05, 3.63) is 37.9 Å². The van der Waals surface area contributed by atoms with Crippen molar-refractivity contribution in [3.8, 4) is 0 Å². The summed E-state index contributed by atoms with van der Waals surface area (Å²) in [5, 5.41) is 5.25. The second-order valence-corrected chi connectivity index (χ2v) is 7.29. The molecule has 3 N–H and O–H groups in total. The van der Waals surface area contributed by atoms with Crippen molar-refractivity contribution >= 4 is 39.5 Å². The Morgan fingerprint density at radius 1 is 1.32 bits per heavy atom. The van der Waals surface area contributed by atoms with Crippen LogP contribution in [0.2, 0.25) is 0 Å². The molecule has 4 nitrogen and oxygen atoms in total. The summed E-state index contributed by atoms with van der Waals surface area (Å²) in [6.45, 7) is 6.03. The zero-order valence-electron chi connectivity index (χ0n) is 13.0. The first-order valence-electron chi connectivity index (χ1n) is 7.28. The quantitative estimate of drug-likeness (QED) is 0.837. The summed E-state index contributed by atoms with van der Waals surface area (Å²) >= 11 is 2.99.